The molecule has 0 radical (unpaired) electrons. The molecule has 132 valence electrons. The normalized spacial score (nSPS) is 17.9. The number of nitrogens with zero attached hydrogens (tertiary/aromatic N) is 3. The lowest BCUT2D eigenvalue weighted by molar-refractivity contribution is -0.129. The van der Waals surface area contributed by atoms with Crippen LogP contribution in [-0.2, 0) is 11.2 Å². The minimum absolute atomic E-state index is 0.219. The van der Waals surface area contributed by atoms with Crippen LogP contribution in [0.1, 0.15) is 32.3 Å². The third-order valence-electron chi connectivity index (χ3n) is 3.99. The van der Waals surface area contributed by atoms with Crippen LogP contribution in [-0.4, -0.2) is 54.0 Å². The third-order valence-corrected chi connectivity index (χ3v) is 4.21. The van der Waals surface area contributed by atoms with E-state index in [1.54, 1.807) is 12.3 Å². The fourth-order valence-electron chi connectivity index (χ4n) is 2.69. The van der Waals surface area contributed by atoms with Crippen molar-refractivity contribution in [2.75, 3.05) is 26.2 Å². The molecule has 1 aliphatic heterocycles. The number of aliphatic imine (C=N–C) groups is 1. The molecule has 1 aromatic heterocycles. The van der Waals surface area contributed by atoms with Crippen molar-refractivity contribution in [3.05, 3.63) is 29.0 Å². The standard InChI is InChI=1S/C17H26ClN5O/c1-3-16(24)23-10-8-14(12-23)22-17(19-4-2)20-9-7-13-5-6-15(18)21-11-13/h5-6,11,14H,3-4,7-10,12H2,1-2H3,(H2,19,20,22). The van der Waals surface area contributed by atoms with Crippen LogP contribution in [0.2, 0.25) is 5.15 Å². The van der Waals surface area contributed by atoms with Crippen molar-refractivity contribution in [1.29, 1.82) is 0 Å². The molecule has 2 rings (SSSR count). The molecule has 0 saturated carbocycles. The maximum Gasteiger partial charge on any atom is 0.222 e. The van der Waals surface area contributed by atoms with Crippen molar-refractivity contribution in [1.82, 2.24) is 20.5 Å². The van der Waals surface area contributed by atoms with Crippen molar-refractivity contribution in [3.63, 3.8) is 0 Å². The Kier molecular flexibility index (Phi) is 7.31. The second-order valence-corrected chi connectivity index (χ2v) is 6.21. The van der Waals surface area contributed by atoms with Gasteiger partial charge in [-0.1, -0.05) is 24.6 Å². The summed E-state index contributed by atoms with van der Waals surface area (Å²) >= 11 is 5.79. The van der Waals surface area contributed by atoms with E-state index in [1.807, 2.05) is 24.8 Å². The van der Waals surface area contributed by atoms with Gasteiger partial charge in [-0.2, -0.15) is 0 Å². The van der Waals surface area contributed by atoms with Crippen LogP contribution < -0.4 is 10.6 Å². The first-order valence-corrected chi connectivity index (χ1v) is 8.93. The second-order valence-electron chi connectivity index (χ2n) is 5.82. The average Bonchev–Trinajstić information content (AvgIpc) is 3.04. The molecule has 0 aliphatic carbocycles. The summed E-state index contributed by atoms with van der Waals surface area (Å²) in [6.45, 7) is 6.99. The molecule has 0 spiro atoms. The van der Waals surface area contributed by atoms with Gasteiger partial charge in [0.1, 0.15) is 5.15 Å². The predicted molar refractivity (Wildman–Crippen MR) is 97.3 cm³/mol. The van der Waals surface area contributed by atoms with Gasteiger partial charge < -0.3 is 15.5 Å². The summed E-state index contributed by atoms with van der Waals surface area (Å²) < 4.78 is 0. The van der Waals surface area contributed by atoms with Gasteiger partial charge in [-0.3, -0.25) is 9.79 Å². The number of amides is 1. The molecule has 1 fully saturated rings. The molecule has 6 nitrogen and oxygen atoms in total. The van der Waals surface area contributed by atoms with Crippen LogP contribution >= 0.6 is 11.6 Å². The lowest BCUT2D eigenvalue weighted by Crippen LogP contribution is -2.45. The lowest BCUT2D eigenvalue weighted by Gasteiger charge is -2.18. The Hall–Kier alpha value is -1.82. The van der Waals surface area contributed by atoms with Gasteiger partial charge in [-0.15, -0.1) is 0 Å². The highest BCUT2D eigenvalue weighted by Crippen LogP contribution is 2.10. The average molecular weight is 352 g/mol. The van der Waals surface area contributed by atoms with Crippen LogP contribution in [0.25, 0.3) is 0 Å². The number of guanidine groups is 1. The minimum atomic E-state index is 0.219. The quantitative estimate of drug-likeness (QED) is 0.466. The maximum atomic E-state index is 11.8. The molecule has 2 heterocycles. The van der Waals surface area contributed by atoms with E-state index in [9.17, 15) is 4.79 Å². The Morgan fingerprint density at radius 3 is 2.96 bits per heavy atom. The van der Waals surface area contributed by atoms with Gasteiger partial charge in [0, 0.05) is 44.8 Å². The molecule has 7 heteroatoms. The van der Waals surface area contributed by atoms with Crippen molar-refractivity contribution in [2.24, 2.45) is 4.99 Å². The highest BCUT2D eigenvalue weighted by Gasteiger charge is 2.25. The molecule has 1 aromatic rings. The number of aromatic nitrogens is 1. The van der Waals surface area contributed by atoms with E-state index >= 15 is 0 Å². The van der Waals surface area contributed by atoms with E-state index in [-0.39, 0.29) is 11.9 Å². The molecule has 2 N–H and O–H groups in total. The van der Waals surface area contributed by atoms with Gasteiger partial charge in [-0.05, 0) is 31.4 Å². The molecule has 1 saturated heterocycles. The van der Waals surface area contributed by atoms with E-state index in [0.717, 1.165) is 44.0 Å². The summed E-state index contributed by atoms with van der Waals surface area (Å²) in [4.78, 5) is 22.4. The second kappa shape index (κ2) is 9.47. The van der Waals surface area contributed by atoms with E-state index in [2.05, 4.69) is 20.6 Å². The smallest absolute Gasteiger partial charge is 0.222 e. The largest absolute Gasteiger partial charge is 0.357 e. The van der Waals surface area contributed by atoms with Crippen LogP contribution in [0.5, 0.6) is 0 Å². The van der Waals surface area contributed by atoms with Gasteiger partial charge in [-0.25, -0.2) is 4.98 Å². The van der Waals surface area contributed by atoms with Crippen LogP contribution in [0.3, 0.4) is 0 Å². The first-order valence-electron chi connectivity index (χ1n) is 8.55. The number of carbonyl (C=O) groups excluding carboxylic acids is 1. The van der Waals surface area contributed by atoms with Crippen LogP contribution in [0, 0.1) is 0 Å². The van der Waals surface area contributed by atoms with Crippen LogP contribution in [0.15, 0.2) is 23.3 Å². The lowest BCUT2D eigenvalue weighted by atomic mass is 10.2. The predicted octanol–water partition coefficient (Wildman–Crippen LogP) is 1.84. The summed E-state index contributed by atoms with van der Waals surface area (Å²) in [6.07, 6.45) is 4.11. The van der Waals surface area contributed by atoms with Crippen molar-refractivity contribution >= 4 is 23.5 Å². The Balaban J connectivity index is 1.84. The van der Waals surface area contributed by atoms with Crippen molar-refractivity contribution < 1.29 is 4.79 Å². The molecular formula is C17H26ClN5O. The highest BCUT2D eigenvalue weighted by atomic mass is 35.5. The Labute approximate surface area is 148 Å². The molecule has 1 atom stereocenters. The number of nitrogens with one attached hydrogen (secondary N) is 2. The molecule has 0 bridgehead atoms. The number of pyridine rings is 1. The van der Waals surface area contributed by atoms with Gasteiger partial charge in [0.2, 0.25) is 5.91 Å². The van der Waals surface area contributed by atoms with Crippen LogP contribution in [0.4, 0.5) is 0 Å². The number of hydrogen-bond donors (Lipinski definition) is 2. The topological polar surface area (TPSA) is 69.6 Å². The molecule has 0 aromatic carbocycles. The van der Waals surface area contributed by atoms with Gasteiger partial charge in [0.25, 0.3) is 0 Å². The third kappa shape index (κ3) is 5.67. The van der Waals surface area contributed by atoms with Crippen molar-refractivity contribution in [3.8, 4) is 0 Å². The monoisotopic (exact) mass is 351 g/mol. The molecular weight excluding hydrogens is 326 g/mol. The number of likely N-dealkylation sites (tertiary alicyclic amines) is 1. The fraction of sp³-hybridized carbons (Fsp3) is 0.588. The Morgan fingerprint density at radius 2 is 2.29 bits per heavy atom. The molecule has 1 unspecified atom stereocenters. The summed E-state index contributed by atoms with van der Waals surface area (Å²) in [6, 6.07) is 4.02. The fourth-order valence-corrected chi connectivity index (χ4v) is 2.80. The molecule has 24 heavy (non-hydrogen) atoms. The Morgan fingerprint density at radius 1 is 1.46 bits per heavy atom. The number of rotatable bonds is 6. The van der Waals surface area contributed by atoms with Gasteiger partial charge in [0.15, 0.2) is 5.96 Å². The SMILES string of the molecule is CCNC(=NCCc1ccc(Cl)nc1)NC1CCN(C(=O)CC)C1. The summed E-state index contributed by atoms with van der Waals surface area (Å²) in [7, 11) is 0. The van der Waals surface area contributed by atoms with E-state index in [0.29, 0.717) is 18.1 Å². The van der Waals surface area contributed by atoms with Gasteiger partial charge in [0.05, 0.1) is 0 Å². The van der Waals surface area contributed by atoms with E-state index in [1.165, 1.54) is 0 Å². The van der Waals surface area contributed by atoms with Crippen molar-refractivity contribution in [2.45, 2.75) is 39.2 Å². The first kappa shape index (κ1) is 18.5. The maximum absolute atomic E-state index is 11.8. The van der Waals surface area contributed by atoms with E-state index in [4.69, 9.17) is 11.6 Å². The van der Waals surface area contributed by atoms with E-state index < -0.39 is 0 Å². The number of halogens is 1. The minimum Gasteiger partial charge on any atom is -0.357 e. The highest BCUT2D eigenvalue weighted by molar-refractivity contribution is 6.29. The summed E-state index contributed by atoms with van der Waals surface area (Å²) in [5, 5.41) is 7.20. The first-order chi connectivity index (χ1) is 11.6. The number of hydrogen-bond acceptors (Lipinski definition) is 3. The number of carbonyl (C=O) groups is 1. The molecule has 1 amide bonds. The zero-order valence-corrected chi connectivity index (χ0v) is 15.1. The Bertz CT molecular complexity index is 561. The zero-order valence-electron chi connectivity index (χ0n) is 14.4. The van der Waals surface area contributed by atoms with Gasteiger partial charge >= 0.3 is 0 Å². The molecule has 1 aliphatic rings. The zero-order chi connectivity index (χ0) is 17.4. The summed E-state index contributed by atoms with van der Waals surface area (Å²) in [5.41, 5.74) is 1.11. The summed E-state index contributed by atoms with van der Waals surface area (Å²) in [5.74, 6) is 1.02.